The summed E-state index contributed by atoms with van der Waals surface area (Å²) in [6, 6.07) is 16.6. The molecule has 0 spiro atoms. The van der Waals surface area contributed by atoms with E-state index in [-0.39, 0.29) is 6.10 Å². The van der Waals surface area contributed by atoms with Gasteiger partial charge in [-0.15, -0.1) is 0 Å². The molecule has 0 aliphatic carbocycles. The van der Waals surface area contributed by atoms with Crippen LogP contribution in [0, 0.1) is 6.92 Å². The molecule has 0 saturated heterocycles. The largest absolute Gasteiger partial charge is 0.388 e. The summed E-state index contributed by atoms with van der Waals surface area (Å²) in [6.07, 6.45) is 0.409. The van der Waals surface area contributed by atoms with Gasteiger partial charge in [0.1, 0.15) is 0 Å². The van der Waals surface area contributed by atoms with Gasteiger partial charge in [0.05, 0.1) is 6.10 Å². The second-order valence-electron chi connectivity index (χ2n) is 4.41. The van der Waals surface area contributed by atoms with Gasteiger partial charge in [-0.2, -0.15) is 0 Å². The fourth-order valence-electron chi connectivity index (χ4n) is 1.88. The van der Waals surface area contributed by atoms with Crippen LogP contribution in [0.2, 0.25) is 0 Å². The summed E-state index contributed by atoms with van der Waals surface area (Å²) in [5, 5.41) is 9.73. The molecule has 0 radical (unpaired) electrons. The zero-order valence-corrected chi connectivity index (χ0v) is 10.4. The molecule has 0 heterocycles. The second kappa shape index (κ2) is 5.15. The molecule has 0 saturated carbocycles. The van der Waals surface area contributed by atoms with Crippen molar-refractivity contribution in [3.8, 4) is 11.1 Å². The Bertz CT molecular complexity index is 468. The molecule has 0 bridgehead atoms. The lowest BCUT2D eigenvalue weighted by molar-refractivity contribution is 0.173. The minimum Gasteiger partial charge on any atom is -0.388 e. The van der Waals surface area contributed by atoms with Crippen LogP contribution >= 0.6 is 0 Å². The van der Waals surface area contributed by atoms with E-state index in [4.69, 9.17) is 0 Å². The molecule has 0 aromatic heterocycles. The third-order valence-electron chi connectivity index (χ3n) is 3.07. The van der Waals surface area contributed by atoms with Gasteiger partial charge in [0.2, 0.25) is 0 Å². The molecule has 17 heavy (non-hydrogen) atoms. The normalized spacial score (nSPS) is 12.4. The van der Waals surface area contributed by atoms with E-state index < -0.39 is 0 Å². The molecule has 1 N–H and O–H groups in total. The highest BCUT2D eigenvalue weighted by Crippen LogP contribution is 2.23. The molecule has 0 fully saturated rings. The summed E-state index contributed by atoms with van der Waals surface area (Å²) < 4.78 is 0. The molecule has 1 atom stereocenters. The fraction of sp³-hybridized carbons (Fsp3) is 0.250. The highest BCUT2D eigenvalue weighted by molar-refractivity contribution is 5.63. The highest BCUT2D eigenvalue weighted by atomic mass is 16.3. The Morgan fingerprint density at radius 1 is 0.882 bits per heavy atom. The van der Waals surface area contributed by atoms with Crippen LogP contribution in [-0.4, -0.2) is 5.11 Å². The van der Waals surface area contributed by atoms with Crippen LogP contribution in [-0.2, 0) is 0 Å². The van der Waals surface area contributed by atoms with Crippen molar-refractivity contribution in [1.82, 2.24) is 0 Å². The molecular weight excluding hydrogens is 208 g/mol. The van der Waals surface area contributed by atoms with Gasteiger partial charge in [-0.25, -0.2) is 0 Å². The fourth-order valence-corrected chi connectivity index (χ4v) is 1.88. The van der Waals surface area contributed by atoms with Crippen LogP contribution < -0.4 is 0 Å². The summed E-state index contributed by atoms with van der Waals surface area (Å²) in [6.45, 7) is 4.07. The van der Waals surface area contributed by atoms with E-state index in [1.54, 1.807) is 0 Å². The van der Waals surface area contributed by atoms with Crippen LogP contribution in [0.5, 0.6) is 0 Å². The molecular formula is C16H18O. The maximum atomic E-state index is 9.73. The second-order valence-corrected chi connectivity index (χ2v) is 4.41. The summed E-state index contributed by atoms with van der Waals surface area (Å²) >= 11 is 0. The summed E-state index contributed by atoms with van der Waals surface area (Å²) in [7, 11) is 0. The van der Waals surface area contributed by atoms with Crippen LogP contribution in [0.1, 0.15) is 30.6 Å². The van der Waals surface area contributed by atoms with Crippen LogP contribution in [0.15, 0.2) is 48.5 Å². The van der Waals surface area contributed by atoms with Gasteiger partial charge >= 0.3 is 0 Å². The summed E-state index contributed by atoms with van der Waals surface area (Å²) in [5.41, 5.74) is 4.67. The number of rotatable bonds is 3. The molecule has 1 heteroatoms. The number of hydrogen-bond donors (Lipinski definition) is 1. The first-order valence-corrected chi connectivity index (χ1v) is 6.05. The van der Waals surface area contributed by atoms with Crippen molar-refractivity contribution >= 4 is 0 Å². The van der Waals surface area contributed by atoms with Crippen LogP contribution in [0.3, 0.4) is 0 Å². The summed E-state index contributed by atoms with van der Waals surface area (Å²) in [5.74, 6) is 0. The average molecular weight is 226 g/mol. The predicted molar refractivity (Wildman–Crippen MR) is 71.9 cm³/mol. The van der Waals surface area contributed by atoms with Crippen molar-refractivity contribution in [2.24, 2.45) is 0 Å². The number of aryl methyl sites for hydroxylation is 1. The van der Waals surface area contributed by atoms with E-state index in [1.165, 1.54) is 16.7 Å². The van der Waals surface area contributed by atoms with Gasteiger partial charge in [-0.05, 0) is 30.0 Å². The topological polar surface area (TPSA) is 20.2 Å². The van der Waals surface area contributed by atoms with Crippen molar-refractivity contribution in [3.63, 3.8) is 0 Å². The van der Waals surface area contributed by atoms with E-state index in [0.29, 0.717) is 0 Å². The zero-order chi connectivity index (χ0) is 12.3. The maximum absolute atomic E-state index is 9.73. The Kier molecular flexibility index (Phi) is 3.60. The van der Waals surface area contributed by atoms with Gasteiger partial charge in [0, 0.05) is 0 Å². The van der Waals surface area contributed by atoms with Crippen molar-refractivity contribution in [1.29, 1.82) is 0 Å². The van der Waals surface area contributed by atoms with Crippen molar-refractivity contribution in [2.75, 3.05) is 0 Å². The lowest BCUT2D eigenvalue weighted by atomic mass is 10.0. The third kappa shape index (κ3) is 2.75. The highest BCUT2D eigenvalue weighted by Gasteiger charge is 2.04. The monoisotopic (exact) mass is 226 g/mol. The van der Waals surface area contributed by atoms with E-state index >= 15 is 0 Å². The van der Waals surface area contributed by atoms with E-state index in [9.17, 15) is 5.11 Å². The molecule has 2 rings (SSSR count). The smallest absolute Gasteiger partial charge is 0.0787 e. The average Bonchev–Trinajstić information content (AvgIpc) is 2.39. The van der Waals surface area contributed by atoms with E-state index in [0.717, 1.165) is 12.0 Å². The molecule has 0 aliphatic rings. The van der Waals surface area contributed by atoms with Gasteiger partial charge in [0.25, 0.3) is 0 Å². The minimum absolute atomic E-state index is 0.345. The van der Waals surface area contributed by atoms with Crippen LogP contribution in [0.4, 0.5) is 0 Å². The van der Waals surface area contributed by atoms with Crippen LogP contribution in [0.25, 0.3) is 11.1 Å². The molecule has 0 aliphatic heterocycles. The first-order valence-electron chi connectivity index (χ1n) is 6.05. The number of aliphatic hydroxyl groups excluding tert-OH is 1. The molecule has 1 unspecified atom stereocenters. The lowest BCUT2D eigenvalue weighted by Gasteiger charge is -2.09. The molecule has 88 valence electrons. The molecule has 1 nitrogen and oxygen atoms in total. The molecule has 2 aromatic carbocycles. The first kappa shape index (κ1) is 11.9. The number of aliphatic hydroxyl groups is 1. The van der Waals surface area contributed by atoms with Crippen molar-refractivity contribution in [2.45, 2.75) is 26.4 Å². The Hall–Kier alpha value is -1.60. The van der Waals surface area contributed by atoms with Crippen molar-refractivity contribution < 1.29 is 5.11 Å². The lowest BCUT2D eigenvalue weighted by Crippen LogP contribution is -1.94. The van der Waals surface area contributed by atoms with Gasteiger partial charge in [0.15, 0.2) is 0 Å². The van der Waals surface area contributed by atoms with E-state index in [2.05, 4.69) is 43.3 Å². The molecule has 0 amide bonds. The summed E-state index contributed by atoms with van der Waals surface area (Å²) in [4.78, 5) is 0. The van der Waals surface area contributed by atoms with Gasteiger partial charge < -0.3 is 5.11 Å². The number of hydrogen-bond acceptors (Lipinski definition) is 1. The molecule has 2 aromatic rings. The van der Waals surface area contributed by atoms with E-state index in [1.807, 2.05) is 19.1 Å². The quantitative estimate of drug-likeness (QED) is 0.835. The predicted octanol–water partition coefficient (Wildman–Crippen LogP) is 4.11. The zero-order valence-electron chi connectivity index (χ0n) is 10.4. The minimum atomic E-state index is -0.345. The Labute approximate surface area is 103 Å². The Balaban J connectivity index is 2.26. The standard InChI is InChI=1S/C16H18O/c1-3-16(17)15-10-8-14(9-11-15)13-6-4-12(2)5-7-13/h4-11,16-17H,3H2,1-2H3. The Morgan fingerprint density at radius 3 is 1.82 bits per heavy atom. The number of benzene rings is 2. The third-order valence-corrected chi connectivity index (χ3v) is 3.07. The first-order chi connectivity index (χ1) is 8.20. The van der Waals surface area contributed by atoms with Gasteiger partial charge in [-0.1, -0.05) is 61.0 Å². The maximum Gasteiger partial charge on any atom is 0.0787 e. The van der Waals surface area contributed by atoms with Crippen molar-refractivity contribution in [3.05, 3.63) is 59.7 Å². The van der Waals surface area contributed by atoms with Gasteiger partial charge in [-0.3, -0.25) is 0 Å². The SMILES string of the molecule is CCC(O)c1ccc(-c2ccc(C)cc2)cc1. The Morgan fingerprint density at radius 2 is 1.35 bits per heavy atom.